The predicted octanol–water partition coefficient (Wildman–Crippen LogP) is 4.80. The van der Waals surface area contributed by atoms with Crippen molar-refractivity contribution in [3.63, 3.8) is 0 Å². The van der Waals surface area contributed by atoms with Crippen LogP contribution in [0.4, 0.5) is 11.4 Å². The molecule has 0 fully saturated rings. The lowest BCUT2D eigenvalue weighted by Crippen LogP contribution is -2.32. The van der Waals surface area contributed by atoms with Crippen molar-refractivity contribution < 1.29 is 9.59 Å². The van der Waals surface area contributed by atoms with Crippen LogP contribution in [-0.2, 0) is 4.79 Å². The number of para-hydroxylation sites is 1. The number of rotatable bonds is 8. The molecular formula is C26H25ClN6O2. The summed E-state index contributed by atoms with van der Waals surface area (Å²) in [5.41, 5.74) is 3.40. The summed E-state index contributed by atoms with van der Waals surface area (Å²) < 4.78 is 1.69. The molecule has 0 bridgehead atoms. The third-order valence-electron chi connectivity index (χ3n) is 5.66. The number of nitrogens with one attached hydrogen (secondary N) is 2. The molecule has 4 rings (SSSR count). The first kappa shape index (κ1) is 24.1. The van der Waals surface area contributed by atoms with Gasteiger partial charge in [0.05, 0.1) is 23.5 Å². The second kappa shape index (κ2) is 10.9. The summed E-state index contributed by atoms with van der Waals surface area (Å²) in [4.78, 5) is 31.5. The molecule has 9 heteroatoms. The van der Waals surface area contributed by atoms with E-state index in [-0.39, 0.29) is 24.4 Å². The Labute approximate surface area is 208 Å². The predicted molar refractivity (Wildman–Crippen MR) is 137 cm³/mol. The van der Waals surface area contributed by atoms with Gasteiger partial charge < -0.3 is 10.6 Å². The van der Waals surface area contributed by atoms with Crippen molar-refractivity contribution in [3.8, 4) is 5.69 Å². The third-order valence-corrected chi connectivity index (χ3v) is 5.91. The Morgan fingerprint density at radius 2 is 1.71 bits per heavy atom. The van der Waals surface area contributed by atoms with Gasteiger partial charge in [0.15, 0.2) is 0 Å². The normalized spacial score (nSPS) is 11.8. The van der Waals surface area contributed by atoms with E-state index in [1.807, 2.05) is 43.1 Å². The number of hydrogen-bond acceptors (Lipinski definition) is 5. The van der Waals surface area contributed by atoms with Crippen molar-refractivity contribution in [2.24, 2.45) is 0 Å². The van der Waals surface area contributed by atoms with Crippen LogP contribution >= 0.6 is 11.6 Å². The summed E-state index contributed by atoms with van der Waals surface area (Å²) >= 11 is 5.91. The molecule has 0 aliphatic heterocycles. The van der Waals surface area contributed by atoms with Crippen molar-refractivity contribution in [2.75, 3.05) is 24.2 Å². The number of benzene rings is 3. The SMILES string of the molecule is CC(c1ccc(-n2cncn2)cc1)N(C)CC(=O)Nc1ccccc1C(=O)Nc1ccc(Cl)cc1. The number of halogens is 1. The molecule has 0 spiro atoms. The number of likely N-dealkylation sites (N-methyl/N-ethyl adjacent to an activating group) is 1. The van der Waals surface area contributed by atoms with Crippen LogP contribution < -0.4 is 10.6 Å². The number of hydrogen-bond donors (Lipinski definition) is 2. The Hall–Kier alpha value is -4.01. The topological polar surface area (TPSA) is 92.2 Å². The second-order valence-electron chi connectivity index (χ2n) is 8.08. The zero-order chi connectivity index (χ0) is 24.8. The smallest absolute Gasteiger partial charge is 0.257 e. The molecule has 1 unspecified atom stereocenters. The number of anilines is 2. The van der Waals surface area contributed by atoms with E-state index in [1.165, 1.54) is 6.33 Å². The zero-order valence-electron chi connectivity index (χ0n) is 19.4. The molecule has 0 saturated carbocycles. The van der Waals surface area contributed by atoms with Gasteiger partial charge in [-0.1, -0.05) is 35.9 Å². The fourth-order valence-electron chi connectivity index (χ4n) is 3.58. The summed E-state index contributed by atoms with van der Waals surface area (Å²) in [7, 11) is 1.88. The van der Waals surface area contributed by atoms with Crippen LogP contribution in [0.5, 0.6) is 0 Å². The number of nitrogens with zero attached hydrogens (tertiary/aromatic N) is 4. The van der Waals surface area contributed by atoms with Gasteiger partial charge in [0.2, 0.25) is 5.91 Å². The standard InChI is InChI=1S/C26H25ClN6O2/c1-18(19-7-13-22(14-8-19)33-17-28-16-29-33)32(2)15-25(34)31-24-6-4-3-5-23(24)26(35)30-21-11-9-20(27)10-12-21/h3-14,16-18H,15H2,1-2H3,(H,30,35)(H,31,34). The van der Waals surface area contributed by atoms with Crippen LogP contribution in [0.1, 0.15) is 28.9 Å². The highest BCUT2D eigenvalue weighted by Gasteiger charge is 2.18. The maximum atomic E-state index is 12.8. The minimum atomic E-state index is -0.322. The lowest BCUT2D eigenvalue weighted by atomic mass is 10.1. The first-order chi connectivity index (χ1) is 16.9. The lowest BCUT2D eigenvalue weighted by molar-refractivity contribution is -0.117. The molecule has 2 amide bonds. The molecule has 1 heterocycles. The fraction of sp³-hybridized carbons (Fsp3) is 0.154. The molecule has 0 aliphatic carbocycles. The number of carbonyl (C=O) groups is 2. The molecule has 178 valence electrons. The Morgan fingerprint density at radius 3 is 2.40 bits per heavy atom. The molecule has 8 nitrogen and oxygen atoms in total. The highest BCUT2D eigenvalue weighted by Crippen LogP contribution is 2.22. The van der Waals surface area contributed by atoms with Gasteiger partial charge >= 0.3 is 0 Å². The highest BCUT2D eigenvalue weighted by atomic mass is 35.5. The molecule has 35 heavy (non-hydrogen) atoms. The first-order valence-corrected chi connectivity index (χ1v) is 11.4. The number of carbonyl (C=O) groups excluding carboxylic acids is 2. The third kappa shape index (κ3) is 6.11. The van der Waals surface area contributed by atoms with E-state index >= 15 is 0 Å². The minimum absolute atomic E-state index is 0.00556. The van der Waals surface area contributed by atoms with E-state index < -0.39 is 0 Å². The summed E-state index contributed by atoms with van der Waals surface area (Å²) in [6, 6.07) is 21.7. The summed E-state index contributed by atoms with van der Waals surface area (Å²) in [6.45, 7) is 2.18. The van der Waals surface area contributed by atoms with Crippen molar-refractivity contribution in [3.05, 3.63) is 102 Å². The van der Waals surface area contributed by atoms with E-state index in [0.29, 0.717) is 22.0 Å². The van der Waals surface area contributed by atoms with Crippen LogP contribution in [-0.4, -0.2) is 45.1 Å². The van der Waals surface area contributed by atoms with E-state index in [1.54, 1.807) is 59.5 Å². The van der Waals surface area contributed by atoms with Gasteiger partial charge in [-0.05, 0) is 68.1 Å². The molecule has 2 N–H and O–H groups in total. The van der Waals surface area contributed by atoms with Crippen molar-refractivity contribution in [2.45, 2.75) is 13.0 Å². The van der Waals surface area contributed by atoms with E-state index in [9.17, 15) is 9.59 Å². The van der Waals surface area contributed by atoms with Gasteiger partial charge in [0.25, 0.3) is 5.91 Å². The van der Waals surface area contributed by atoms with Crippen LogP contribution in [0.25, 0.3) is 5.69 Å². The molecule has 3 aromatic carbocycles. The van der Waals surface area contributed by atoms with Gasteiger partial charge in [-0.3, -0.25) is 14.5 Å². The highest BCUT2D eigenvalue weighted by molar-refractivity contribution is 6.30. The Morgan fingerprint density at radius 1 is 1.00 bits per heavy atom. The van der Waals surface area contributed by atoms with Crippen LogP contribution in [0.15, 0.2) is 85.5 Å². The van der Waals surface area contributed by atoms with E-state index in [0.717, 1.165) is 11.3 Å². The Kier molecular flexibility index (Phi) is 7.54. The van der Waals surface area contributed by atoms with Crippen molar-refractivity contribution >= 4 is 34.8 Å². The van der Waals surface area contributed by atoms with Gasteiger partial charge in [0.1, 0.15) is 12.7 Å². The molecule has 4 aromatic rings. The molecule has 0 radical (unpaired) electrons. The van der Waals surface area contributed by atoms with Crippen LogP contribution in [0.2, 0.25) is 5.02 Å². The Balaban J connectivity index is 1.38. The summed E-state index contributed by atoms with van der Waals surface area (Å²) in [6.07, 6.45) is 3.13. The zero-order valence-corrected chi connectivity index (χ0v) is 20.1. The van der Waals surface area contributed by atoms with Gasteiger partial charge in [-0.15, -0.1) is 0 Å². The summed E-state index contributed by atoms with van der Waals surface area (Å²) in [5, 5.41) is 10.4. The average Bonchev–Trinajstić information content (AvgIpc) is 3.40. The quantitative estimate of drug-likeness (QED) is 0.371. The molecule has 0 aliphatic rings. The van der Waals surface area contributed by atoms with E-state index in [4.69, 9.17) is 11.6 Å². The molecular weight excluding hydrogens is 464 g/mol. The number of aromatic nitrogens is 3. The fourth-order valence-corrected chi connectivity index (χ4v) is 3.70. The average molecular weight is 489 g/mol. The largest absolute Gasteiger partial charge is 0.324 e. The first-order valence-electron chi connectivity index (χ1n) is 11.0. The minimum Gasteiger partial charge on any atom is -0.324 e. The maximum absolute atomic E-state index is 12.8. The van der Waals surface area contributed by atoms with Gasteiger partial charge in [-0.25, -0.2) is 9.67 Å². The Bertz CT molecular complexity index is 1290. The van der Waals surface area contributed by atoms with Crippen LogP contribution in [0, 0.1) is 0 Å². The van der Waals surface area contributed by atoms with E-state index in [2.05, 4.69) is 20.7 Å². The van der Waals surface area contributed by atoms with Gasteiger partial charge in [-0.2, -0.15) is 5.10 Å². The monoisotopic (exact) mass is 488 g/mol. The van der Waals surface area contributed by atoms with Crippen molar-refractivity contribution in [1.82, 2.24) is 19.7 Å². The molecule has 1 atom stereocenters. The number of amides is 2. The van der Waals surface area contributed by atoms with Gasteiger partial charge in [0, 0.05) is 16.8 Å². The lowest BCUT2D eigenvalue weighted by Gasteiger charge is -2.25. The summed E-state index contributed by atoms with van der Waals surface area (Å²) in [5.74, 6) is -0.539. The molecule has 0 saturated heterocycles. The maximum Gasteiger partial charge on any atom is 0.257 e. The van der Waals surface area contributed by atoms with Crippen molar-refractivity contribution in [1.29, 1.82) is 0 Å². The second-order valence-corrected chi connectivity index (χ2v) is 8.51. The molecule has 1 aromatic heterocycles. The van der Waals surface area contributed by atoms with Crippen LogP contribution in [0.3, 0.4) is 0 Å².